The van der Waals surface area contributed by atoms with E-state index in [0.29, 0.717) is 42.7 Å². The van der Waals surface area contributed by atoms with Gasteiger partial charge in [0.1, 0.15) is 10.5 Å². The number of piperazine rings is 1. The van der Waals surface area contributed by atoms with Crippen molar-refractivity contribution in [2.24, 2.45) is 0 Å². The summed E-state index contributed by atoms with van der Waals surface area (Å²) in [5, 5.41) is 1.80. The van der Waals surface area contributed by atoms with E-state index in [4.69, 9.17) is 0 Å². The summed E-state index contributed by atoms with van der Waals surface area (Å²) in [5.74, 6) is 1.13. The van der Waals surface area contributed by atoms with E-state index in [9.17, 15) is 14.4 Å². The highest BCUT2D eigenvalue weighted by molar-refractivity contribution is 7.17. The average Bonchev–Trinajstić information content (AvgIpc) is 3.24. The van der Waals surface area contributed by atoms with Crippen LogP contribution in [0.25, 0.3) is 10.2 Å². The molecule has 1 fully saturated rings. The first-order valence-corrected chi connectivity index (χ1v) is 11.2. The second kappa shape index (κ2) is 9.25. The fourth-order valence-electron chi connectivity index (χ4n) is 3.78. The van der Waals surface area contributed by atoms with Crippen LogP contribution in [-0.2, 0) is 11.3 Å². The van der Waals surface area contributed by atoms with Crippen LogP contribution in [0, 0.1) is 0 Å². The minimum atomic E-state index is -0.368. The van der Waals surface area contributed by atoms with Gasteiger partial charge < -0.3 is 14.8 Å². The number of carbonyl (C=O) groups excluding carboxylic acids is 1. The van der Waals surface area contributed by atoms with E-state index >= 15 is 0 Å². The molecule has 0 spiro atoms. The third-order valence-electron chi connectivity index (χ3n) is 5.47. The standard InChI is InChI=1S/C21H25N5O3S/c27-18(25-13-11-24(12-14-25)17-6-3-4-9-22-17)7-2-1-5-10-26-20(28)19-16(8-15-30-19)23-21(26)29/h3-4,6,8-9,15H,1-2,5,7,10-14H2,(H,23,29). The van der Waals surface area contributed by atoms with E-state index in [1.165, 1.54) is 15.9 Å². The number of fused-ring (bicyclic) bond motifs is 1. The molecule has 4 rings (SSSR count). The van der Waals surface area contributed by atoms with Crippen molar-refractivity contribution in [2.45, 2.75) is 32.2 Å². The highest BCUT2D eigenvalue weighted by atomic mass is 32.1. The van der Waals surface area contributed by atoms with E-state index in [0.717, 1.165) is 31.7 Å². The minimum Gasteiger partial charge on any atom is -0.353 e. The zero-order valence-electron chi connectivity index (χ0n) is 16.7. The maximum absolute atomic E-state index is 12.5. The fraction of sp³-hybridized carbons (Fsp3) is 0.429. The Morgan fingerprint density at radius 2 is 1.90 bits per heavy atom. The van der Waals surface area contributed by atoms with Crippen LogP contribution in [0.1, 0.15) is 25.7 Å². The van der Waals surface area contributed by atoms with Crippen molar-refractivity contribution in [1.29, 1.82) is 0 Å². The molecule has 30 heavy (non-hydrogen) atoms. The number of hydrogen-bond acceptors (Lipinski definition) is 6. The topological polar surface area (TPSA) is 91.3 Å². The molecular weight excluding hydrogens is 402 g/mol. The number of unbranched alkanes of at least 4 members (excludes halogenated alkanes) is 2. The molecule has 0 unspecified atom stereocenters. The molecule has 1 amide bonds. The Balaban J connectivity index is 1.20. The lowest BCUT2D eigenvalue weighted by Crippen LogP contribution is -2.49. The van der Waals surface area contributed by atoms with Crippen molar-refractivity contribution in [3.63, 3.8) is 0 Å². The van der Waals surface area contributed by atoms with Crippen LogP contribution in [0.2, 0.25) is 0 Å². The summed E-state index contributed by atoms with van der Waals surface area (Å²) in [5.41, 5.74) is -0.00153. The number of hydrogen-bond donors (Lipinski definition) is 1. The molecule has 0 radical (unpaired) electrons. The van der Waals surface area contributed by atoms with Crippen molar-refractivity contribution >= 4 is 33.3 Å². The van der Waals surface area contributed by atoms with Crippen LogP contribution >= 0.6 is 11.3 Å². The van der Waals surface area contributed by atoms with Gasteiger partial charge in [-0.05, 0) is 36.4 Å². The van der Waals surface area contributed by atoms with Crippen molar-refractivity contribution < 1.29 is 4.79 Å². The van der Waals surface area contributed by atoms with Gasteiger partial charge in [-0.2, -0.15) is 0 Å². The first-order valence-electron chi connectivity index (χ1n) is 10.3. The van der Waals surface area contributed by atoms with Gasteiger partial charge in [-0.25, -0.2) is 9.78 Å². The summed E-state index contributed by atoms with van der Waals surface area (Å²) < 4.78 is 1.84. The van der Waals surface area contributed by atoms with Gasteiger partial charge in [-0.1, -0.05) is 12.5 Å². The van der Waals surface area contributed by atoms with Crippen LogP contribution in [0.15, 0.2) is 45.4 Å². The van der Waals surface area contributed by atoms with Crippen LogP contribution in [0.4, 0.5) is 5.82 Å². The first-order chi connectivity index (χ1) is 14.6. The van der Waals surface area contributed by atoms with Crippen molar-refractivity contribution in [2.75, 3.05) is 31.1 Å². The average molecular weight is 428 g/mol. The van der Waals surface area contributed by atoms with E-state index in [-0.39, 0.29) is 17.2 Å². The van der Waals surface area contributed by atoms with Gasteiger partial charge in [0.2, 0.25) is 5.91 Å². The number of amides is 1. The molecule has 0 atom stereocenters. The number of nitrogens with zero attached hydrogens (tertiary/aromatic N) is 4. The van der Waals surface area contributed by atoms with Crippen molar-refractivity contribution in [3.05, 3.63) is 56.7 Å². The van der Waals surface area contributed by atoms with Gasteiger partial charge in [0.15, 0.2) is 0 Å². The molecule has 1 N–H and O–H groups in total. The lowest BCUT2D eigenvalue weighted by molar-refractivity contribution is -0.131. The van der Waals surface area contributed by atoms with E-state index in [2.05, 4.69) is 14.9 Å². The predicted octanol–water partition coefficient (Wildman–Crippen LogP) is 2.06. The first kappa shape index (κ1) is 20.3. The number of H-pyrrole nitrogens is 1. The summed E-state index contributed by atoms with van der Waals surface area (Å²) in [6, 6.07) is 7.61. The summed E-state index contributed by atoms with van der Waals surface area (Å²) in [6.45, 7) is 3.38. The van der Waals surface area contributed by atoms with Crippen molar-refractivity contribution in [3.8, 4) is 0 Å². The van der Waals surface area contributed by atoms with Crippen LogP contribution in [0.3, 0.4) is 0 Å². The summed E-state index contributed by atoms with van der Waals surface area (Å²) in [7, 11) is 0. The number of carbonyl (C=O) groups is 1. The summed E-state index contributed by atoms with van der Waals surface area (Å²) in [6.07, 6.45) is 4.54. The second-order valence-electron chi connectivity index (χ2n) is 7.42. The number of aromatic nitrogens is 3. The zero-order chi connectivity index (χ0) is 20.9. The maximum Gasteiger partial charge on any atom is 0.328 e. The van der Waals surface area contributed by atoms with Crippen LogP contribution < -0.4 is 16.1 Å². The summed E-state index contributed by atoms with van der Waals surface area (Å²) >= 11 is 1.34. The Morgan fingerprint density at radius 1 is 1.07 bits per heavy atom. The lowest BCUT2D eigenvalue weighted by Gasteiger charge is -2.35. The largest absolute Gasteiger partial charge is 0.353 e. The number of pyridine rings is 1. The third-order valence-corrected chi connectivity index (χ3v) is 6.37. The van der Waals surface area contributed by atoms with Crippen LogP contribution in [-0.4, -0.2) is 51.5 Å². The van der Waals surface area contributed by atoms with E-state index in [1.807, 2.05) is 23.1 Å². The molecule has 4 heterocycles. The quantitative estimate of drug-likeness (QED) is 0.583. The maximum atomic E-state index is 12.5. The molecule has 0 saturated carbocycles. The minimum absolute atomic E-state index is 0.172. The van der Waals surface area contributed by atoms with Gasteiger partial charge in [-0.3, -0.25) is 14.2 Å². The molecule has 3 aromatic heterocycles. The number of rotatable bonds is 7. The molecule has 0 bridgehead atoms. The molecule has 0 aromatic carbocycles. The number of nitrogens with one attached hydrogen (secondary N) is 1. The summed E-state index contributed by atoms with van der Waals surface area (Å²) in [4.78, 5) is 48.2. The molecule has 8 nitrogen and oxygen atoms in total. The van der Waals surface area contributed by atoms with Gasteiger partial charge in [-0.15, -0.1) is 11.3 Å². The Morgan fingerprint density at radius 3 is 2.67 bits per heavy atom. The smallest absolute Gasteiger partial charge is 0.328 e. The highest BCUT2D eigenvalue weighted by Crippen LogP contribution is 2.14. The Bertz CT molecular complexity index is 1110. The Labute approximate surface area is 177 Å². The molecular formula is C21H25N5O3S. The van der Waals surface area contributed by atoms with E-state index in [1.54, 1.807) is 17.6 Å². The zero-order valence-corrected chi connectivity index (χ0v) is 17.6. The highest BCUT2D eigenvalue weighted by Gasteiger charge is 2.21. The molecule has 1 saturated heterocycles. The predicted molar refractivity (Wildman–Crippen MR) is 118 cm³/mol. The third kappa shape index (κ3) is 4.46. The van der Waals surface area contributed by atoms with Crippen molar-refractivity contribution in [1.82, 2.24) is 19.4 Å². The second-order valence-corrected chi connectivity index (χ2v) is 8.33. The molecule has 3 aromatic rings. The SMILES string of the molecule is O=C(CCCCCn1c(=O)[nH]c2ccsc2c1=O)N1CCN(c2ccccn2)CC1. The fourth-order valence-corrected chi connectivity index (χ4v) is 4.58. The number of thiophene rings is 1. The Hall–Kier alpha value is -2.94. The van der Waals surface area contributed by atoms with Crippen LogP contribution in [0.5, 0.6) is 0 Å². The molecule has 0 aliphatic carbocycles. The Kier molecular flexibility index (Phi) is 6.27. The van der Waals surface area contributed by atoms with Gasteiger partial charge in [0.25, 0.3) is 5.56 Å². The number of aromatic amines is 1. The molecule has 9 heteroatoms. The molecule has 158 valence electrons. The van der Waals surface area contributed by atoms with Gasteiger partial charge in [0, 0.05) is 45.3 Å². The van der Waals surface area contributed by atoms with Gasteiger partial charge in [0.05, 0.1) is 5.52 Å². The normalized spacial score (nSPS) is 14.4. The lowest BCUT2D eigenvalue weighted by atomic mass is 10.1. The monoisotopic (exact) mass is 427 g/mol. The van der Waals surface area contributed by atoms with Gasteiger partial charge >= 0.3 is 5.69 Å². The molecule has 1 aliphatic rings. The van der Waals surface area contributed by atoms with E-state index < -0.39 is 0 Å². The number of anilines is 1. The molecule has 1 aliphatic heterocycles.